The van der Waals surface area contributed by atoms with Crippen molar-refractivity contribution in [1.29, 1.82) is 0 Å². The van der Waals surface area contributed by atoms with Crippen LogP contribution in [-0.4, -0.2) is 24.1 Å². The maximum Gasteiger partial charge on any atom is 0.246 e. The van der Waals surface area contributed by atoms with Crippen LogP contribution >= 0.6 is 0 Å². The fraction of sp³-hybridized carbons (Fsp3) is 0.714. The van der Waals surface area contributed by atoms with Crippen LogP contribution < -0.4 is 16.3 Å². The molecular weight excluding hydrogens is 174 g/mol. The molecule has 0 aromatic carbocycles. The van der Waals surface area contributed by atoms with E-state index in [0.29, 0.717) is 0 Å². The predicted molar refractivity (Wildman–Crippen MR) is 45.5 cm³/mol. The number of carbonyl (C=O) groups excluding carboxylic acids is 2. The highest BCUT2D eigenvalue weighted by Gasteiger charge is 2.25. The Hall–Kier alpha value is -1.14. The number of nitrogens with one attached hydrogen (secondary N) is 3. The number of amides is 2. The van der Waals surface area contributed by atoms with Gasteiger partial charge in [-0.15, -0.1) is 0 Å². The highest BCUT2D eigenvalue weighted by Crippen LogP contribution is 2.10. The Bertz CT molecular complexity index is 195. The third-order valence-corrected chi connectivity index (χ3v) is 1.94. The number of hydroxylamine groups is 1. The van der Waals surface area contributed by atoms with Crippen molar-refractivity contribution in [3.63, 3.8) is 0 Å². The molecule has 0 radical (unpaired) electrons. The SMILES string of the molecule is CNNC(=O)[C@H](C)[C@H](C)C(=O)NO. The molecule has 0 heterocycles. The summed E-state index contributed by atoms with van der Waals surface area (Å²) in [7, 11) is 1.56. The molecular formula is C7H15N3O3. The number of carbonyl (C=O) groups is 2. The Balaban J connectivity index is 4.16. The Morgan fingerprint density at radius 3 is 2.00 bits per heavy atom. The Labute approximate surface area is 76.6 Å². The fourth-order valence-electron chi connectivity index (χ4n) is 0.793. The molecule has 4 N–H and O–H groups in total. The molecule has 76 valence electrons. The zero-order valence-corrected chi connectivity index (χ0v) is 7.92. The van der Waals surface area contributed by atoms with Crippen molar-refractivity contribution >= 4 is 11.8 Å². The summed E-state index contributed by atoms with van der Waals surface area (Å²) in [6.45, 7) is 3.16. The second kappa shape index (κ2) is 5.50. The Kier molecular flexibility index (Phi) is 5.01. The lowest BCUT2D eigenvalue weighted by Crippen LogP contribution is -2.43. The first-order valence-corrected chi connectivity index (χ1v) is 3.95. The third-order valence-electron chi connectivity index (χ3n) is 1.94. The Morgan fingerprint density at radius 2 is 1.62 bits per heavy atom. The van der Waals surface area contributed by atoms with Gasteiger partial charge < -0.3 is 0 Å². The number of hydrogen-bond acceptors (Lipinski definition) is 4. The molecule has 0 rings (SSSR count). The minimum atomic E-state index is -0.571. The van der Waals surface area contributed by atoms with Crippen LogP contribution in [-0.2, 0) is 9.59 Å². The lowest BCUT2D eigenvalue weighted by atomic mass is 9.95. The predicted octanol–water partition coefficient (Wildman–Crippen LogP) is -0.985. The van der Waals surface area contributed by atoms with Gasteiger partial charge in [0.15, 0.2) is 0 Å². The summed E-state index contributed by atoms with van der Waals surface area (Å²) in [5.41, 5.74) is 6.32. The summed E-state index contributed by atoms with van der Waals surface area (Å²) in [5, 5.41) is 8.32. The van der Waals surface area contributed by atoms with E-state index >= 15 is 0 Å². The summed E-state index contributed by atoms with van der Waals surface area (Å²) in [5.74, 6) is -1.93. The van der Waals surface area contributed by atoms with Crippen LogP contribution in [0, 0.1) is 11.8 Å². The highest BCUT2D eigenvalue weighted by atomic mass is 16.5. The maximum absolute atomic E-state index is 11.2. The zero-order valence-electron chi connectivity index (χ0n) is 7.92. The quantitative estimate of drug-likeness (QED) is 0.338. The van der Waals surface area contributed by atoms with Gasteiger partial charge in [0.1, 0.15) is 0 Å². The van der Waals surface area contributed by atoms with Gasteiger partial charge in [-0.3, -0.25) is 20.2 Å². The molecule has 0 aliphatic heterocycles. The van der Waals surface area contributed by atoms with Crippen LogP contribution in [0.25, 0.3) is 0 Å². The molecule has 0 aromatic rings. The number of rotatable bonds is 4. The number of hydrazine groups is 1. The van der Waals surface area contributed by atoms with Crippen molar-refractivity contribution in [2.24, 2.45) is 11.8 Å². The van der Waals surface area contributed by atoms with E-state index in [2.05, 4.69) is 10.9 Å². The second-order valence-electron chi connectivity index (χ2n) is 2.79. The van der Waals surface area contributed by atoms with Crippen LogP contribution in [0.15, 0.2) is 0 Å². The summed E-state index contributed by atoms with van der Waals surface area (Å²) in [6.07, 6.45) is 0. The molecule has 0 fully saturated rings. The molecule has 0 saturated heterocycles. The van der Waals surface area contributed by atoms with Gasteiger partial charge >= 0.3 is 0 Å². The first kappa shape index (κ1) is 11.9. The van der Waals surface area contributed by atoms with E-state index in [1.165, 1.54) is 5.48 Å². The zero-order chi connectivity index (χ0) is 10.4. The van der Waals surface area contributed by atoms with E-state index in [4.69, 9.17) is 5.21 Å². The van der Waals surface area contributed by atoms with E-state index in [1.54, 1.807) is 20.9 Å². The standard InChI is InChI=1S/C7H15N3O3/c1-4(6(11)9-8-3)5(2)7(12)10-13/h4-5,8,13H,1-3H3,(H,9,11)(H,10,12)/t4-,5+/m1/s1. The fourth-order valence-corrected chi connectivity index (χ4v) is 0.793. The van der Waals surface area contributed by atoms with Gasteiger partial charge in [0.25, 0.3) is 0 Å². The van der Waals surface area contributed by atoms with Crippen molar-refractivity contribution in [2.45, 2.75) is 13.8 Å². The molecule has 0 aromatic heterocycles. The molecule has 13 heavy (non-hydrogen) atoms. The molecule has 2 amide bonds. The first-order chi connectivity index (χ1) is 6.04. The van der Waals surface area contributed by atoms with Crippen LogP contribution in [0.3, 0.4) is 0 Å². The highest BCUT2D eigenvalue weighted by molar-refractivity contribution is 5.86. The largest absolute Gasteiger partial charge is 0.292 e. The minimum absolute atomic E-state index is 0.293. The van der Waals surface area contributed by atoms with Crippen LogP contribution in [0.1, 0.15) is 13.8 Å². The van der Waals surface area contributed by atoms with E-state index < -0.39 is 17.7 Å². The Morgan fingerprint density at radius 1 is 1.15 bits per heavy atom. The van der Waals surface area contributed by atoms with E-state index in [0.717, 1.165) is 0 Å². The molecule has 0 aliphatic rings. The van der Waals surface area contributed by atoms with Crippen molar-refractivity contribution in [3.05, 3.63) is 0 Å². The van der Waals surface area contributed by atoms with E-state index in [1.807, 2.05) is 0 Å². The van der Waals surface area contributed by atoms with Crippen molar-refractivity contribution in [1.82, 2.24) is 16.3 Å². The normalized spacial score (nSPS) is 14.5. The van der Waals surface area contributed by atoms with Gasteiger partial charge in [-0.1, -0.05) is 13.8 Å². The van der Waals surface area contributed by atoms with Gasteiger partial charge in [0.05, 0.1) is 0 Å². The topological polar surface area (TPSA) is 90.5 Å². The van der Waals surface area contributed by atoms with Gasteiger partial charge in [0.2, 0.25) is 11.8 Å². The van der Waals surface area contributed by atoms with Crippen molar-refractivity contribution < 1.29 is 14.8 Å². The maximum atomic E-state index is 11.2. The molecule has 6 nitrogen and oxygen atoms in total. The first-order valence-electron chi connectivity index (χ1n) is 3.95. The monoisotopic (exact) mass is 189 g/mol. The summed E-state index contributed by atoms with van der Waals surface area (Å²) >= 11 is 0. The minimum Gasteiger partial charge on any atom is -0.292 e. The van der Waals surface area contributed by atoms with Gasteiger partial charge in [0, 0.05) is 18.9 Å². The van der Waals surface area contributed by atoms with Crippen molar-refractivity contribution in [3.8, 4) is 0 Å². The summed E-state index contributed by atoms with van der Waals surface area (Å²) < 4.78 is 0. The second-order valence-corrected chi connectivity index (χ2v) is 2.79. The third kappa shape index (κ3) is 3.39. The van der Waals surface area contributed by atoms with Crippen LogP contribution in [0.5, 0.6) is 0 Å². The van der Waals surface area contributed by atoms with Gasteiger partial charge in [-0.05, 0) is 0 Å². The van der Waals surface area contributed by atoms with E-state index in [9.17, 15) is 9.59 Å². The molecule has 0 unspecified atom stereocenters. The van der Waals surface area contributed by atoms with E-state index in [-0.39, 0.29) is 5.91 Å². The van der Waals surface area contributed by atoms with Gasteiger partial charge in [-0.2, -0.15) is 0 Å². The van der Waals surface area contributed by atoms with Gasteiger partial charge in [-0.25, -0.2) is 10.9 Å². The lowest BCUT2D eigenvalue weighted by Gasteiger charge is -2.16. The average Bonchev–Trinajstić information content (AvgIpc) is 2.14. The van der Waals surface area contributed by atoms with Crippen LogP contribution in [0.2, 0.25) is 0 Å². The molecule has 0 spiro atoms. The van der Waals surface area contributed by atoms with Crippen molar-refractivity contribution in [2.75, 3.05) is 7.05 Å². The summed E-state index contributed by atoms with van der Waals surface area (Å²) in [4.78, 5) is 22.1. The molecule has 2 atom stereocenters. The summed E-state index contributed by atoms with van der Waals surface area (Å²) in [6, 6.07) is 0. The lowest BCUT2D eigenvalue weighted by molar-refractivity contribution is -0.139. The molecule has 6 heteroatoms. The van der Waals surface area contributed by atoms with Crippen LogP contribution in [0.4, 0.5) is 0 Å². The molecule has 0 aliphatic carbocycles. The average molecular weight is 189 g/mol. The number of hydrogen-bond donors (Lipinski definition) is 4. The molecule has 0 saturated carbocycles. The smallest absolute Gasteiger partial charge is 0.246 e. The molecule has 0 bridgehead atoms.